The van der Waals surface area contributed by atoms with Gasteiger partial charge in [-0.1, -0.05) is 24.3 Å². The second-order valence-corrected chi connectivity index (χ2v) is 4.00. The summed E-state index contributed by atoms with van der Waals surface area (Å²) in [5.74, 6) is 0. The standard InChI is InChI=1S/C12H16FNO/c13-12(6-8-15-9-12)11-3-1-10(2-4-11)5-7-14/h1-4H,5-9,14H2. The van der Waals surface area contributed by atoms with Gasteiger partial charge in [-0.2, -0.15) is 0 Å². The predicted octanol–water partition coefficient (Wildman–Crippen LogP) is 1.77. The van der Waals surface area contributed by atoms with E-state index >= 15 is 0 Å². The zero-order chi connectivity index (χ0) is 10.7. The van der Waals surface area contributed by atoms with E-state index in [1.165, 1.54) is 0 Å². The predicted molar refractivity (Wildman–Crippen MR) is 57.4 cm³/mol. The van der Waals surface area contributed by atoms with Gasteiger partial charge in [0.15, 0.2) is 5.67 Å². The van der Waals surface area contributed by atoms with E-state index < -0.39 is 5.67 Å². The molecule has 1 aliphatic rings. The van der Waals surface area contributed by atoms with Gasteiger partial charge in [-0.05, 0) is 24.1 Å². The van der Waals surface area contributed by atoms with E-state index in [1.54, 1.807) is 0 Å². The van der Waals surface area contributed by atoms with Gasteiger partial charge in [-0.15, -0.1) is 0 Å². The third-order valence-corrected chi connectivity index (χ3v) is 2.88. The van der Waals surface area contributed by atoms with Crippen molar-refractivity contribution in [2.75, 3.05) is 19.8 Å². The molecule has 3 heteroatoms. The summed E-state index contributed by atoms with van der Waals surface area (Å²) in [5.41, 5.74) is 6.06. The summed E-state index contributed by atoms with van der Waals surface area (Å²) in [5, 5.41) is 0. The molecule has 0 amide bonds. The quantitative estimate of drug-likeness (QED) is 0.823. The molecular formula is C12H16FNO. The molecule has 1 heterocycles. The van der Waals surface area contributed by atoms with E-state index in [0.29, 0.717) is 19.6 Å². The second-order valence-electron chi connectivity index (χ2n) is 4.00. The average Bonchev–Trinajstić information content (AvgIpc) is 2.68. The zero-order valence-corrected chi connectivity index (χ0v) is 8.71. The lowest BCUT2D eigenvalue weighted by atomic mass is 9.94. The summed E-state index contributed by atoms with van der Waals surface area (Å²) in [6.45, 7) is 1.33. The molecule has 1 aromatic rings. The van der Waals surface area contributed by atoms with Crippen molar-refractivity contribution in [3.63, 3.8) is 0 Å². The van der Waals surface area contributed by atoms with Gasteiger partial charge in [0.05, 0.1) is 13.2 Å². The van der Waals surface area contributed by atoms with Gasteiger partial charge in [-0.3, -0.25) is 0 Å². The summed E-state index contributed by atoms with van der Waals surface area (Å²) in [6, 6.07) is 7.59. The van der Waals surface area contributed by atoms with Crippen LogP contribution in [0.1, 0.15) is 17.5 Å². The highest BCUT2D eigenvalue weighted by Gasteiger charge is 2.36. The third-order valence-electron chi connectivity index (χ3n) is 2.88. The molecule has 1 aliphatic heterocycles. The Morgan fingerprint density at radius 1 is 1.33 bits per heavy atom. The highest BCUT2D eigenvalue weighted by molar-refractivity contribution is 5.28. The highest BCUT2D eigenvalue weighted by Crippen LogP contribution is 2.34. The first-order valence-electron chi connectivity index (χ1n) is 5.31. The molecule has 1 atom stereocenters. The number of hydrogen-bond donors (Lipinski definition) is 1. The van der Waals surface area contributed by atoms with Crippen LogP contribution in [0.3, 0.4) is 0 Å². The van der Waals surface area contributed by atoms with E-state index in [0.717, 1.165) is 17.5 Å². The largest absolute Gasteiger partial charge is 0.378 e. The number of halogens is 1. The van der Waals surface area contributed by atoms with Crippen LogP contribution < -0.4 is 5.73 Å². The monoisotopic (exact) mass is 209 g/mol. The fourth-order valence-corrected chi connectivity index (χ4v) is 1.90. The van der Waals surface area contributed by atoms with Gasteiger partial charge >= 0.3 is 0 Å². The summed E-state index contributed by atoms with van der Waals surface area (Å²) >= 11 is 0. The van der Waals surface area contributed by atoms with Crippen LogP contribution in [0.15, 0.2) is 24.3 Å². The Labute approximate surface area is 89.2 Å². The topological polar surface area (TPSA) is 35.2 Å². The van der Waals surface area contributed by atoms with Crippen molar-refractivity contribution < 1.29 is 9.13 Å². The lowest BCUT2D eigenvalue weighted by Gasteiger charge is -2.17. The molecule has 2 N–H and O–H groups in total. The first kappa shape index (κ1) is 10.6. The van der Waals surface area contributed by atoms with E-state index in [2.05, 4.69) is 0 Å². The van der Waals surface area contributed by atoms with E-state index in [-0.39, 0.29) is 6.61 Å². The van der Waals surface area contributed by atoms with Gasteiger partial charge in [0, 0.05) is 6.42 Å². The number of hydrogen-bond acceptors (Lipinski definition) is 2. The molecule has 0 aromatic heterocycles. The van der Waals surface area contributed by atoms with Crippen molar-refractivity contribution in [3.05, 3.63) is 35.4 Å². The normalized spacial score (nSPS) is 25.7. The zero-order valence-electron chi connectivity index (χ0n) is 8.71. The first-order valence-corrected chi connectivity index (χ1v) is 5.31. The van der Waals surface area contributed by atoms with E-state index in [4.69, 9.17) is 10.5 Å². The maximum Gasteiger partial charge on any atom is 0.161 e. The van der Waals surface area contributed by atoms with Crippen molar-refractivity contribution in [2.45, 2.75) is 18.5 Å². The van der Waals surface area contributed by atoms with E-state index in [1.807, 2.05) is 24.3 Å². The Hall–Kier alpha value is -0.930. The number of nitrogens with two attached hydrogens (primary N) is 1. The fourth-order valence-electron chi connectivity index (χ4n) is 1.90. The Kier molecular flexibility index (Phi) is 3.03. The Bertz CT molecular complexity index is 317. The summed E-state index contributed by atoms with van der Waals surface area (Å²) in [6.07, 6.45) is 1.30. The highest BCUT2D eigenvalue weighted by atomic mass is 19.1. The second kappa shape index (κ2) is 4.29. The molecule has 1 fully saturated rings. The van der Waals surface area contributed by atoms with E-state index in [9.17, 15) is 4.39 Å². The number of rotatable bonds is 3. The van der Waals surface area contributed by atoms with Crippen molar-refractivity contribution in [1.82, 2.24) is 0 Å². The van der Waals surface area contributed by atoms with Gasteiger partial charge in [0.1, 0.15) is 0 Å². The van der Waals surface area contributed by atoms with Crippen LogP contribution in [0.25, 0.3) is 0 Å². The Morgan fingerprint density at radius 2 is 2.07 bits per heavy atom. The van der Waals surface area contributed by atoms with Crippen molar-refractivity contribution in [1.29, 1.82) is 0 Å². The van der Waals surface area contributed by atoms with Crippen molar-refractivity contribution in [3.8, 4) is 0 Å². The third kappa shape index (κ3) is 2.19. The van der Waals surface area contributed by atoms with Crippen molar-refractivity contribution in [2.24, 2.45) is 5.73 Å². The summed E-state index contributed by atoms with van der Waals surface area (Å²) < 4.78 is 19.3. The molecule has 0 spiro atoms. The smallest absolute Gasteiger partial charge is 0.161 e. The van der Waals surface area contributed by atoms with Gasteiger partial charge in [0.25, 0.3) is 0 Å². The van der Waals surface area contributed by atoms with Crippen LogP contribution >= 0.6 is 0 Å². The molecular weight excluding hydrogens is 193 g/mol. The fraction of sp³-hybridized carbons (Fsp3) is 0.500. The maximum absolute atomic E-state index is 14.2. The maximum atomic E-state index is 14.2. The molecule has 1 unspecified atom stereocenters. The lowest BCUT2D eigenvalue weighted by molar-refractivity contribution is 0.112. The minimum Gasteiger partial charge on any atom is -0.378 e. The average molecular weight is 209 g/mol. The Morgan fingerprint density at radius 3 is 2.60 bits per heavy atom. The van der Waals surface area contributed by atoms with Crippen LogP contribution in [0.5, 0.6) is 0 Å². The minimum atomic E-state index is -1.28. The van der Waals surface area contributed by atoms with Crippen LogP contribution in [0.4, 0.5) is 4.39 Å². The number of ether oxygens (including phenoxy) is 1. The molecule has 0 bridgehead atoms. The number of benzene rings is 1. The van der Waals surface area contributed by atoms with Crippen LogP contribution in [-0.4, -0.2) is 19.8 Å². The minimum absolute atomic E-state index is 0.184. The molecule has 1 aromatic carbocycles. The van der Waals surface area contributed by atoms with Crippen LogP contribution in [0.2, 0.25) is 0 Å². The Balaban J connectivity index is 2.15. The number of alkyl halides is 1. The molecule has 2 rings (SSSR count). The molecule has 2 nitrogen and oxygen atoms in total. The molecule has 0 saturated carbocycles. The molecule has 15 heavy (non-hydrogen) atoms. The lowest BCUT2D eigenvalue weighted by Crippen LogP contribution is -2.19. The van der Waals surface area contributed by atoms with Gasteiger partial charge in [-0.25, -0.2) is 4.39 Å². The van der Waals surface area contributed by atoms with Crippen LogP contribution in [-0.2, 0) is 16.8 Å². The molecule has 0 aliphatic carbocycles. The van der Waals surface area contributed by atoms with Gasteiger partial charge < -0.3 is 10.5 Å². The SMILES string of the molecule is NCCc1ccc(C2(F)CCOC2)cc1. The van der Waals surface area contributed by atoms with Crippen molar-refractivity contribution >= 4 is 0 Å². The van der Waals surface area contributed by atoms with Crippen LogP contribution in [0, 0.1) is 0 Å². The summed E-state index contributed by atoms with van der Waals surface area (Å²) in [7, 11) is 0. The molecule has 1 saturated heterocycles. The van der Waals surface area contributed by atoms with Gasteiger partial charge in [0.2, 0.25) is 0 Å². The first-order chi connectivity index (χ1) is 7.24. The molecule has 0 radical (unpaired) electrons. The summed E-state index contributed by atoms with van der Waals surface area (Å²) in [4.78, 5) is 0. The molecule has 82 valence electrons.